The molecule has 4 heteroatoms. The molecule has 1 aromatic heterocycles. The Morgan fingerprint density at radius 1 is 0.893 bits per heavy atom. The van der Waals surface area contributed by atoms with Crippen LogP contribution < -0.4 is 10.2 Å². The van der Waals surface area contributed by atoms with Gasteiger partial charge in [0, 0.05) is 16.7 Å². The van der Waals surface area contributed by atoms with Crippen LogP contribution in [0, 0.1) is 11.8 Å². The lowest BCUT2D eigenvalue weighted by atomic mass is 10.1. The molecule has 0 saturated carbocycles. The van der Waals surface area contributed by atoms with Crippen molar-refractivity contribution in [1.82, 2.24) is 0 Å². The number of rotatable bonds is 2. The van der Waals surface area contributed by atoms with Gasteiger partial charge in [-0.05, 0) is 54.6 Å². The summed E-state index contributed by atoms with van der Waals surface area (Å²) < 4.78 is 10.9. The van der Waals surface area contributed by atoms with Gasteiger partial charge in [0.1, 0.15) is 11.3 Å². The molecule has 0 atom stereocenters. The molecule has 0 aliphatic heterocycles. The minimum atomic E-state index is -0.497. The second kappa shape index (κ2) is 7.34. The van der Waals surface area contributed by atoms with E-state index in [9.17, 15) is 9.90 Å². The lowest BCUT2D eigenvalue weighted by Crippen LogP contribution is -2.03. The van der Waals surface area contributed by atoms with Gasteiger partial charge in [0.05, 0.1) is 12.5 Å². The van der Waals surface area contributed by atoms with Crippen LogP contribution in [0.3, 0.4) is 0 Å². The summed E-state index contributed by atoms with van der Waals surface area (Å²) in [5.41, 5.74) is 2.23. The van der Waals surface area contributed by atoms with E-state index in [1.54, 1.807) is 30.3 Å². The molecule has 0 radical (unpaired) electrons. The van der Waals surface area contributed by atoms with Gasteiger partial charge in [-0.25, -0.2) is 0 Å². The number of hydrogen-bond donors (Lipinski definition) is 1. The molecule has 0 aliphatic rings. The van der Waals surface area contributed by atoms with Gasteiger partial charge in [-0.15, -0.1) is 0 Å². The summed E-state index contributed by atoms with van der Waals surface area (Å²) in [4.78, 5) is 12.5. The first-order valence-electron chi connectivity index (χ1n) is 8.67. The monoisotopic (exact) mass is 368 g/mol. The van der Waals surface area contributed by atoms with Gasteiger partial charge >= 0.3 is 0 Å². The van der Waals surface area contributed by atoms with Gasteiger partial charge in [-0.1, -0.05) is 30.0 Å². The summed E-state index contributed by atoms with van der Waals surface area (Å²) in [6.45, 7) is 0. The average molecular weight is 368 g/mol. The predicted octanol–water partition coefficient (Wildman–Crippen LogP) is 4.57. The highest BCUT2D eigenvalue weighted by Gasteiger charge is 2.15. The van der Waals surface area contributed by atoms with Gasteiger partial charge < -0.3 is 14.3 Å². The number of ether oxygens (including phenoxy) is 1. The van der Waals surface area contributed by atoms with E-state index in [1.807, 2.05) is 42.5 Å². The molecule has 0 fully saturated rings. The largest absolute Gasteiger partial charge is 0.502 e. The minimum Gasteiger partial charge on any atom is -0.502 e. The zero-order chi connectivity index (χ0) is 19.5. The van der Waals surface area contributed by atoms with Gasteiger partial charge in [-0.2, -0.15) is 0 Å². The molecule has 3 aromatic carbocycles. The van der Waals surface area contributed by atoms with Gasteiger partial charge in [0.2, 0.25) is 11.2 Å². The maximum absolute atomic E-state index is 12.5. The van der Waals surface area contributed by atoms with Crippen LogP contribution in [0.4, 0.5) is 0 Å². The van der Waals surface area contributed by atoms with Crippen LogP contribution in [0.5, 0.6) is 11.5 Å². The van der Waals surface area contributed by atoms with Gasteiger partial charge in [0.25, 0.3) is 0 Å². The van der Waals surface area contributed by atoms with E-state index in [-0.39, 0.29) is 11.1 Å². The van der Waals surface area contributed by atoms with Crippen LogP contribution in [-0.2, 0) is 0 Å². The van der Waals surface area contributed by atoms with Crippen molar-refractivity contribution in [2.45, 2.75) is 0 Å². The first-order valence-corrected chi connectivity index (χ1v) is 8.67. The summed E-state index contributed by atoms with van der Waals surface area (Å²) in [6.07, 6.45) is 0. The van der Waals surface area contributed by atoms with Crippen molar-refractivity contribution in [3.63, 3.8) is 0 Å². The first-order chi connectivity index (χ1) is 13.7. The van der Waals surface area contributed by atoms with Crippen LogP contribution in [0.25, 0.3) is 22.3 Å². The highest BCUT2D eigenvalue weighted by Crippen LogP contribution is 2.31. The maximum atomic E-state index is 12.5. The van der Waals surface area contributed by atoms with Crippen molar-refractivity contribution in [3.05, 3.63) is 94.1 Å². The van der Waals surface area contributed by atoms with Crippen molar-refractivity contribution in [1.29, 1.82) is 0 Å². The normalized spacial score (nSPS) is 10.3. The zero-order valence-electron chi connectivity index (χ0n) is 15.1. The smallest absolute Gasteiger partial charge is 0.235 e. The van der Waals surface area contributed by atoms with Crippen molar-refractivity contribution < 1.29 is 14.3 Å². The van der Waals surface area contributed by atoms with E-state index in [1.165, 1.54) is 7.11 Å². The molecule has 4 aromatic rings. The minimum absolute atomic E-state index is 0.130. The molecule has 0 bridgehead atoms. The molecule has 0 spiro atoms. The Balaban J connectivity index is 1.71. The molecule has 0 saturated heterocycles. The molecule has 0 unspecified atom stereocenters. The Hall–Kier alpha value is -3.97. The number of aromatic hydroxyl groups is 1. The van der Waals surface area contributed by atoms with E-state index >= 15 is 0 Å². The van der Waals surface area contributed by atoms with Gasteiger partial charge in [-0.3, -0.25) is 4.79 Å². The summed E-state index contributed by atoms with van der Waals surface area (Å²) in [6, 6.07) is 21.8. The number of hydrogen-bond acceptors (Lipinski definition) is 4. The summed E-state index contributed by atoms with van der Waals surface area (Å²) >= 11 is 0. The Morgan fingerprint density at radius 3 is 2.25 bits per heavy atom. The van der Waals surface area contributed by atoms with E-state index in [0.717, 1.165) is 11.1 Å². The molecule has 0 aliphatic carbocycles. The third-order valence-corrected chi connectivity index (χ3v) is 4.35. The van der Waals surface area contributed by atoms with E-state index in [2.05, 4.69) is 11.8 Å². The molecule has 1 heterocycles. The van der Waals surface area contributed by atoms with E-state index in [0.29, 0.717) is 16.9 Å². The summed E-state index contributed by atoms with van der Waals surface area (Å²) in [5.74, 6) is 6.40. The lowest BCUT2D eigenvalue weighted by molar-refractivity contribution is 0.414. The van der Waals surface area contributed by atoms with Crippen LogP contribution in [0.1, 0.15) is 11.1 Å². The zero-order valence-corrected chi connectivity index (χ0v) is 15.1. The molecule has 0 amide bonds. The van der Waals surface area contributed by atoms with Crippen molar-refractivity contribution in [3.8, 4) is 34.7 Å². The highest BCUT2D eigenvalue weighted by atomic mass is 16.5. The lowest BCUT2D eigenvalue weighted by Gasteiger charge is -2.07. The molecule has 28 heavy (non-hydrogen) atoms. The van der Waals surface area contributed by atoms with Crippen molar-refractivity contribution in [2.24, 2.45) is 0 Å². The topological polar surface area (TPSA) is 59.7 Å². The molecule has 1 N–H and O–H groups in total. The molecular formula is C24H16O4. The fraction of sp³-hybridized carbons (Fsp3) is 0.0417. The fourth-order valence-electron chi connectivity index (χ4n) is 2.86. The molecule has 4 rings (SSSR count). The van der Waals surface area contributed by atoms with Crippen LogP contribution >= 0.6 is 0 Å². The van der Waals surface area contributed by atoms with Crippen LogP contribution in [0.2, 0.25) is 0 Å². The van der Waals surface area contributed by atoms with Crippen molar-refractivity contribution >= 4 is 11.0 Å². The van der Waals surface area contributed by atoms with Crippen LogP contribution in [-0.4, -0.2) is 12.2 Å². The third kappa shape index (κ3) is 3.34. The van der Waals surface area contributed by atoms with Crippen molar-refractivity contribution in [2.75, 3.05) is 7.11 Å². The Kier molecular flexibility index (Phi) is 4.57. The number of benzene rings is 3. The summed E-state index contributed by atoms with van der Waals surface area (Å²) in [7, 11) is 1.51. The Morgan fingerprint density at radius 2 is 1.57 bits per heavy atom. The quantitative estimate of drug-likeness (QED) is 0.527. The third-order valence-electron chi connectivity index (χ3n) is 4.35. The fourth-order valence-corrected chi connectivity index (χ4v) is 2.86. The second-order valence-electron chi connectivity index (χ2n) is 6.16. The van der Waals surface area contributed by atoms with Gasteiger partial charge in [0.15, 0.2) is 5.76 Å². The maximum Gasteiger partial charge on any atom is 0.235 e. The standard InChI is InChI=1S/C24H16O4/c1-27-19-13-14-21-20(15-19)22(25)23(26)24(28-21)18-11-9-17(10-12-18)8-7-16-5-3-2-4-6-16/h2-6,9-15,26H,1H3. The molecule has 136 valence electrons. The van der Waals surface area contributed by atoms with Crippen LogP contribution in [0.15, 0.2) is 82.0 Å². The second-order valence-corrected chi connectivity index (χ2v) is 6.16. The molecular weight excluding hydrogens is 352 g/mol. The Bertz CT molecular complexity index is 1260. The van der Waals surface area contributed by atoms with E-state index in [4.69, 9.17) is 9.15 Å². The highest BCUT2D eigenvalue weighted by molar-refractivity contribution is 5.83. The number of methoxy groups -OCH3 is 1. The van der Waals surface area contributed by atoms with E-state index < -0.39 is 11.2 Å². The number of fused-ring (bicyclic) bond motifs is 1. The first kappa shape index (κ1) is 17.4. The summed E-state index contributed by atoms with van der Waals surface area (Å²) in [5, 5.41) is 10.6. The average Bonchev–Trinajstić information content (AvgIpc) is 2.75. The predicted molar refractivity (Wildman–Crippen MR) is 109 cm³/mol. The molecule has 4 nitrogen and oxygen atoms in total. The Labute approximate surface area is 161 Å². The SMILES string of the molecule is COc1ccc2oc(-c3ccc(C#Cc4ccccc4)cc3)c(O)c(=O)c2c1.